The number of alkyl halides is 3. The van der Waals surface area contributed by atoms with Gasteiger partial charge in [0.25, 0.3) is 5.56 Å². The quantitative estimate of drug-likeness (QED) is 0.734. The van der Waals surface area contributed by atoms with E-state index in [1.807, 2.05) is 0 Å². The number of amides is 1. The van der Waals surface area contributed by atoms with E-state index in [0.717, 1.165) is 6.07 Å². The van der Waals surface area contributed by atoms with Crippen molar-refractivity contribution in [2.75, 3.05) is 5.32 Å². The summed E-state index contributed by atoms with van der Waals surface area (Å²) >= 11 is 5.94. The van der Waals surface area contributed by atoms with Crippen LogP contribution in [0.3, 0.4) is 0 Å². The van der Waals surface area contributed by atoms with Crippen LogP contribution in [0.15, 0.2) is 54.0 Å². The summed E-state index contributed by atoms with van der Waals surface area (Å²) in [4.78, 5) is 27.9. The van der Waals surface area contributed by atoms with E-state index in [2.05, 4.69) is 15.4 Å². The highest BCUT2D eigenvalue weighted by Crippen LogP contribution is 2.28. The molecule has 1 aromatic carbocycles. The summed E-state index contributed by atoms with van der Waals surface area (Å²) in [7, 11) is 0. The van der Waals surface area contributed by atoms with Gasteiger partial charge >= 0.3 is 6.18 Å². The number of halogens is 4. The maximum absolute atomic E-state index is 12.8. The third-order valence-electron chi connectivity index (χ3n) is 3.52. The number of nitrogens with zero attached hydrogens (tertiary/aromatic N) is 4. The van der Waals surface area contributed by atoms with Crippen LogP contribution in [0.25, 0.3) is 5.69 Å². The molecule has 0 atom stereocenters. The standard InChI is InChI=1S/C16H11ClF3N5O2/c17-11-2-3-13(25-9-21-8-22-25)12(5-11)23-14(26)7-24-6-10(16(18,19)20)1-4-15(24)27/h1-6,8-9H,7H2,(H,23,26). The number of anilines is 1. The SMILES string of the molecule is O=C(Cn1cc(C(F)(F)F)ccc1=O)Nc1cc(Cl)ccc1-n1cncn1. The van der Waals surface area contributed by atoms with Crippen molar-refractivity contribution in [2.45, 2.75) is 12.7 Å². The number of benzene rings is 1. The van der Waals surface area contributed by atoms with E-state index < -0.39 is 29.8 Å². The number of carbonyl (C=O) groups is 1. The van der Waals surface area contributed by atoms with Gasteiger partial charge in [-0.2, -0.15) is 18.3 Å². The van der Waals surface area contributed by atoms with E-state index in [9.17, 15) is 22.8 Å². The lowest BCUT2D eigenvalue weighted by molar-refractivity contribution is -0.138. The first-order valence-corrected chi connectivity index (χ1v) is 7.84. The van der Waals surface area contributed by atoms with E-state index in [0.29, 0.717) is 27.5 Å². The zero-order valence-corrected chi connectivity index (χ0v) is 14.2. The first-order valence-electron chi connectivity index (χ1n) is 7.46. The molecule has 3 rings (SSSR count). The fourth-order valence-corrected chi connectivity index (χ4v) is 2.48. The van der Waals surface area contributed by atoms with Crippen LogP contribution in [0.5, 0.6) is 0 Å². The Balaban J connectivity index is 1.85. The molecule has 1 N–H and O–H groups in total. The van der Waals surface area contributed by atoms with Crippen molar-refractivity contribution in [3.8, 4) is 5.69 Å². The lowest BCUT2D eigenvalue weighted by atomic mass is 10.2. The van der Waals surface area contributed by atoms with Gasteiger partial charge in [-0.1, -0.05) is 11.6 Å². The predicted octanol–water partition coefficient (Wildman–Crippen LogP) is 2.74. The fourth-order valence-electron chi connectivity index (χ4n) is 2.31. The Morgan fingerprint density at radius 3 is 2.67 bits per heavy atom. The predicted molar refractivity (Wildman–Crippen MR) is 90.7 cm³/mol. The van der Waals surface area contributed by atoms with Crippen LogP contribution in [0.1, 0.15) is 5.56 Å². The Kier molecular flexibility index (Phi) is 5.00. The molecule has 7 nitrogen and oxygen atoms in total. The number of carbonyl (C=O) groups excluding carboxylic acids is 1. The van der Waals surface area contributed by atoms with Crippen molar-refractivity contribution >= 4 is 23.2 Å². The summed E-state index contributed by atoms with van der Waals surface area (Å²) < 4.78 is 40.4. The second kappa shape index (κ2) is 7.23. The largest absolute Gasteiger partial charge is 0.417 e. The highest BCUT2D eigenvalue weighted by atomic mass is 35.5. The molecule has 0 aliphatic rings. The first kappa shape index (κ1) is 18.6. The molecule has 0 bridgehead atoms. The molecule has 2 aromatic heterocycles. The summed E-state index contributed by atoms with van der Waals surface area (Å²) in [6.07, 6.45) is -1.34. The van der Waals surface area contributed by atoms with Crippen LogP contribution < -0.4 is 10.9 Å². The van der Waals surface area contributed by atoms with Gasteiger partial charge in [-0.25, -0.2) is 9.67 Å². The molecule has 0 spiro atoms. The average Bonchev–Trinajstić information content (AvgIpc) is 3.10. The maximum atomic E-state index is 12.8. The summed E-state index contributed by atoms with van der Waals surface area (Å²) in [5.74, 6) is -0.708. The number of hydrogen-bond donors (Lipinski definition) is 1. The van der Waals surface area contributed by atoms with E-state index in [-0.39, 0.29) is 5.69 Å². The Morgan fingerprint density at radius 1 is 1.22 bits per heavy atom. The van der Waals surface area contributed by atoms with Crippen LogP contribution in [-0.2, 0) is 17.5 Å². The van der Waals surface area contributed by atoms with Gasteiger partial charge in [-0.15, -0.1) is 0 Å². The minimum Gasteiger partial charge on any atom is -0.323 e. The minimum absolute atomic E-state index is 0.262. The van der Waals surface area contributed by atoms with E-state index in [1.54, 1.807) is 12.1 Å². The summed E-state index contributed by atoms with van der Waals surface area (Å²) in [5, 5.41) is 6.80. The molecule has 0 aliphatic heterocycles. The van der Waals surface area contributed by atoms with Crippen LogP contribution in [-0.4, -0.2) is 25.2 Å². The van der Waals surface area contributed by atoms with Gasteiger partial charge in [0.05, 0.1) is 16.9 Å². The normalized spacial score (nSPS) is 11.4. The molecule has 11 heteroatoms. The van der Waals surface area contributed by atoms with Crippen molar-refractivity contribution in [2.24, 2.45) is 0 Å². The number of nitrogens with one attached hydrogen (secondary N) is 1. The number of hydrogen-bond acceptors (Lipinski definition) is 4. The molecule has 3 aromatic rings. The molecule has 27 heavy (non-hydrogen) atoms. The Bertz CT molecular complexity index is 1030. The molecule has 0 saturated carbocycles. The molecule has 0 saturated heterocycles. The van der Waals surface area contributed by atoms with Crippen molar-refractivity contribution < 1.29 is 18.0 Å². The van der Waals surface area contributed by atoms with Gasteiger partial charge < -0.3 is 9.88 Å². The van der Waals surface area contributed by atoms with Gasteiger partial charge in [0.1, 0.15) is 19.2 Å². The molecule has 140 valence electrons. The zero-order chi connectivity index (χ0) is 19.6. The van der Waals surface area contributed by atoms with Gasteiger partial charge in [0, 0.05) is 17.3 Å². The Hall–Kier alpha value is -3.14. The van der Waals surface area contributed by atoms with E-state index in [4.69, 9.17) is 11.6 Å². The minimum atomic E-state index is -4.63. The molecule has 0 radical (unpaired) electrons. The van der Waals surface area contributed by atoms with Gasteiger partial charge in [-0.3, -0.25) is 9.59 Å². The lowest BCUT2D eigenvalue weighted by Gasteiger charge is -2.13. The third kappa shape index (κ3) is 4.34. The molecular weight excluding hydrogens is 387 g/mol. The molecule has 1 amide bonds. The number of rotatable bonds is 4. The van der Waals surface area contributed by atoms with Crippen molar-refractivity contribution in [1.29, 1.82) is 0 Å². The van der Waals surface area contributed by atoms with Crippen LogP contribution in [0.4, 0.5) is 18.9 Å². The zero-order valence-electron chi connectivity index (χ0n) is 13.4. The highest BCUT2D eigenvalue weighted by Gasteiger charge is 2.31. The van der Waals surface area contributed by atoms with Crippen LogP contribution in [0, 0.1) is 0 Å². The molecular formula is C16H11ClF3N5O2. The molecule has 0 fully saturated rings. The summed E-state index contributed by atoms with van der Waals surface area (Å²) in [5.41, 5.74) is -1.05. The van der Waals surface area contributed by atoms with Crippen molar-refractivity contribution in [3.63, 3.8) is 0 Å². The summed E-state index contributed by atoms with van der Waals surface area (Å²) in [6.45, 7) is -0.605. The lowest BCUT2D eigenvalue weighted by Crippen LogP contribution is -2.28. The number of aromatic nitrogens is 4. The Labute approximate surface area is 155 Å². The van der Waals surface area contributed by atoms with Gasteiger partial charge in [-0.05, 0) is 24.3 Å². The molecule has 0 aliphatic carbocycles. The molecule has 2 heterocycles. The third-order valence-corrected chi connectivity index (χ3v) is 3.76. The highest BCUT2D eigenvalue weighted by molar-refractivity contribution is 6.31. The van der Waals surface area contributed by atoms with Crippen LogP contribution >= 0.6 is 11.6 Å². The van der Waals surface area contributed by atoms with Crippen LogP contribution in [0.2, 0.25) is 5.02 Å². The van der Waals surface area contributed by atoms with Gasteiger partial charge in [0.2, 0.25) is 5.91 Å². The second-order valence-electron chi connectivity index (χ2n) is 5.43. The van der Waals surface area contributed by atoms with Crippen molar-refractivity contribution in [3.05, 3.63) is 70.1 Å². The topological polar surface area (TPSA) is 81.8 Å². The number of pyridine rings is 1. The van der Waals surface area contributed by atoms with E-state index >= 15 is 0 Å². The first-order chi connectivity index (χ1) is 12.7. The molecule has 0 unspecified atom stereocenters. The van der Waals surface area contributed by atoms with E-state index in [1.165, 1.54) is 23.4 Å². The van der Waals surface area contributed by atoms with Gasteiger partial charge in [0.15, 0.2) is 0 Å². The smallest absolute Gasteiger partial charge is 0.323 e. The summed E-state index contributed by atoms with van der Waals surface area (Å²) in [6, 6.07) is 6.03. The van der Waals surface area contributed by atoms with Crippen molar-refractivity contribution in [1.82, 2.24) is 19.3 Å². The monoisotopic (exact) mass is 397 g/mol. The fraction of sp³-hybridized carbons (Fsp3) is 0.125. The average molecular weight is 398 g/mol. The maximum Gasteiger partial charge on any atom is 0.417 e. The Morgan fingerprint density at radius 2 is 2.00 bits per heavy atom. The second-order valence-corrected chi connectivity index (χ2v) is 5.87.